The fourth-order valence-corrected chi connectivity index (χ4v) is 2.95. The molecule has 1 aromatic carbocycles. The number of hydrogen-bond acceptors (Lipinski definition) is 3. The first-order chi connectivity index (χ1) is 9.95. The van der Waals surface area contributed by atoms with E-state index in [1.807, 2.05) is 6.07 Å². The number of nitrogens with one attached hydrogen (secondary N) is 1. The van der Waals surface area contributed by atoms with Crippen LogP contribution in [0.25, 0.3) is 0 Å². The Bertz CT molecular complexity index is 476. The second-order valence-corrected chi connectivity index (χ2v) is 6.26. The molecule has 2 rings (SSSR count). The van der Waals surface area contributed by atoms with E-state index >= 15 is 0 Å². The minimum Gasteiger partial charge on any atom is -0.493 e. The third kappa shape index (κ3) is 3.88. The van der Waals surface area contributed by atoms with Gasteiger partial charge in [-0.2, -0.15) is 0 Å². The number of ether oxygens (including phenoxy) is 2. The highest BCUT2D eigenvalue weighted by Crippen LogP contribution is 2.38. The second kappa shape index (κ2) is 6.65. The number of halogens is 1. The SMILES string of the molecule is COc1cc(C(C)(C)F)cc(CC2CCCNC2)c1OC. The Kier molecular flexibility index (Phi) is 5.09. The first kappa shape index (κ1) is 16.1. The van der Waals surface area contributed by atoms with Crippen LogP contribution in [0.2, 0.25) is 0 Å². The van der Waals surface area contributed by atoms with E-state index in [9.17, 15) is 4.39 Å². The van der Waals surface area contributed by atoms with Crippen LogP contribution in [0.4, 0.5) is 4.39 Å². The molecule has 1 fully saturated rings. The third-order valence-corrected chi connectivity index (χ3v) is 4.15. The van der Waals surface area contributed by atoms with Crippen molar-refractivity contribution in [1.82, 2.24) is 5.32 Å². The molecule has 0 amide bonds. The summed E-state index contributed by atoms with van der Waals surface area (Å²) in [5, 5.41) is 3.42. The van der Waals surface area contributed by atoms with Crippen LogP contribution < -0.4 is 14.8 Å². The normalized spacial score (nSPS) is 19.4. The lowest BCUT2D eigenvalue weighted by molar-refractivity contribution is 0.220. The predicted molar refractivity (Wildman–Crippen MR) is 83.0 cm³/mol. The molecule has 4 heteroatoms. The van der Waals surface area contributed by atoms with Crippen molar-refractivity contribution in [2.24, 2.45) is 5.92 Å². The summed E-state index contributed by atoms with van der Waals surface area (Å²) >= 11 is 0. The molecule has 1 aliphatic rings. The van der Waals surface area contributed by atoms with Crippen molar-refractivity contribution in [3.8, 4) is 11.5 Å². The van der Waals surface area contributed by atoms with E-state index < -0.39 is 5.67 Å². The van der Waals surface area contributed by atoms with Gasteiger partial charge in [0.25, 0.3) is 0 Å². The van der Waals surface area contributed by atoms with Crippen LogP contribution in [-0.2, 0) is 12.1 Å². The molecule has 0 spiro atoms. The first-order valence-corrected chi connectivity index (χ1v) is 7.60. The van der Waals surface area contributed by atoms with Crippen LogP contribution >= 0.6 is 0 Å². The van der Waals surface area contributed by atoms with E-state index in [1.54, 1.807) is 34.1 Å². The van der Waals surface area contributed by atoms with Gasteiger partial charge in [0.15, 0.2) is 11.5 Å². The first-order valence-electron chi connectivity index (χ1n) is 7.60. The van der Waals surface area contributed by atoms with Gasteiger partial charge in [-0.15, -0.1) is 0 Å². The van der Waals surface area contributed by atoms with Crippen molar-refractivity contribution in [2.75, 3.05) is 27.3 Å². The van der Waals surface area contributed by atoms with Gasteiger partial charge in [0.05, 0.1) is 14.2 Å². The number of methoxy groups -OCH3 is 2. The van der Waals surface area contributed by atoms with Crippen molar-refractivity contribution in [1.29, 1.82) is 0 Å². The smallest absolute Gasteiger partial charge is 0.163 e. The van der Waals surface area contributed by atoms with Gasteiger partial charge >= 0.3 is 0 Å². The van der Waals surface area contributed by atoms with E-state index in [4.69, 9.17) is 9.47 Å². The van der Waals surface area contributed by atoms with Crippen LogP contribution in [-0.4, -0.2) is 27.3 Å². The van der Waals surface area contributed by atoms with Gasteiger partial charge in [0.2, 0.25) is 0 Å². The van der Waals surface area contributed by atoms with Gasteiger partial charge < -0.3 is 14.8 Å². The molecule has 0 aliphatic carbocycles. The van der Waals surface area contributed by atoms with E-state index in [1.165, 1.54) is 12.8 Å². The highest BCUT2D eigenvalue weighted by atomic mass is 19.1. The Labute approximate surface area is 126 Å². The van der Waals surface area contributed by atoms with Crippen molar-refractivity contribution < 1.29 is 13.9 Å². The summed E-state index contributed by atoms with van der Waals surface area (Å²) in [5.74, 6) is 1.91. The molecule has 1 heterocycles. The molecule has 0 radical (unpaired) electrons. The van der Waals surface area contributed by atoms with Crippen molar-refractivity contribution >= 4 is 0 Å². The summed E-state index contributed by atoms with van der Waals surface area (Å²) in [7, 11) is 3.24. The number of alkyl halides is 1. The van der Waals surface area contributed by atoms with Gasteiger partial charge in [-0.3, -0.25) is 0 Å². The van der Waals surface area contributed by atoms with Gasteiger partial charge in [-0.05, 0) is 75.4 Å². The highest BCUT2D eigenvalue weighted by molar-refractivity contribution is 5.51. The molecular formula is C17H26FNO2. The van der Waals surface area contributed by atoms with Crippen LogP contribution in [0.5, 0.6) is 11.5 Å². The zero-order valence-electron chi connectivity index (χ0n) is 13.5. The Morgan fingerprint density at radius 3 is 2.57 bits per heavy atom. The van der Waals surface area contributed by atoms with Crippen LogP contribution in [0.1, 0.15) is 37.8 Å². The number of hydrogen-bond donors (Lipinski definition) is 1. The van der Waals surface area contributed by atoms with Crippen molar-refractivity contribution in [3.63, 3.8) is 0 Å². The fourth-order valence-electron chi connectivity index (χ4n) is 2.95. The van der Waals surface area contributed by atoms with Gasteiger partial charge in [-0.1, -0.05) is 0 Å². The molecule has 1 unspecified atom stereocenters. The Balaban J connectivity index is 2.35. The molecule has 1 saturated heterocycles. The Morgan fingerprint density at radius 1 is 1.29 bits per heavy atom. The Morgan fingerprint density at radius 2 is 2.05 bits per heavy atom. The molecular weight excluding hydrogens is 269 g/mol. The van der Waals surface area contributed by atoms with E-state index in [0.29, 0.717) is 17.2 Å². The van der Waals surface area contributed by atoms with Crippen molar-refractivity contribution in [2.45, 2.75) is 38.8 Å². The summed E-state index contributed by atoms with van der Waals surface area (Å²) in [6.45, 7) is 5.24. The molecule has 21 heavy (non-hydrogen) atoms. The second-order valence-electron chi connectivity index (χ2n) is 6.26. The minimum absolute atomic E-state index is 0.565. The van der Waals surface area contributed by atoms with Crippen LogP contribution in [0, 0.1) is 5.92 Å². The summed E-state index contributed by atoms with van der Waals surface area (Å²) in [5.41, 5.74) is 0.282. The summed E-state index contributed by atoms with van der Waals surface area (Å²) in [6.07, 6.45) is 3.27. The molecule has 0 saturated carbocycles. The predicted octanol–water partition coefficient (Wildman–Crippen LogP) is 3.45. The highest BCUT2D eigenvalue weighted by Gasteiger charge is 2.25. The van der Waals surface area contributed by atoms with E-state index in [0.717, 1.165) is 30.8 Å². The zero-order valence-corrected chi connectivity index (χ0v) is 13.5. The zero-order chi connectivity index (χ0) is 15.5. The average molecular weight is 295 g/mol. The summed E-state index contributed by atoms with van der Waals surface area (Å²) < 4.78 is 25.2. The van der Waals surface area contributed by atoms with Crippen molar-refractivity contribution in [3.05, 3.63) is 23.3 Å². The van der Waals surface area contributed by atoms with Gasteiger partial charge in [0, 0.05) is 0 Å². The van der Waals surface area contributed by atoms with E-state index in [2.05, 4.69) is 5.32 Å². The lowest BCUT2D eigenvalue weighted by atomic mass is 9.89. The molecule has 1 atom stereocenters. The maximum atomic E-state index is 14.3. The summed E-state index contributed by atoms with van der Waals surface area (Å²) in [6, 6.07) is 3.66. The van der Waals surface area contributed by atoms with Crippen LogP contribution in [0.3, 0.4) is 0 Å². The maximum Gasteiger partial charge on any atom is 0.163 e. The monoisotopic (exact) mass is 295 g/mol. The van der Waals surface area contributed by atoms with Gasteiger partial charge in [-0.25, -0.2) is 4.39 Å². The average Bonchev–Trinajstić information content (AvgIpc) is 2.46. The lowest BCUT2D eigenvalue weighted by Crippen LogP contribution is -2.31. The topological polar surface area (TPSA) is 30.5 Å². The number of rotatable bonds is 5. The number of piperidine rings is 1. The summed E-state index contributed by atoms with van der Waals surface area (Å²) in [4.78, 5) is 0. The standard InChI is InChI=1S/C17H26FNO2/c1-17(2,18)14-9-13(8-12-6-5-7-19-11-12)16(21-4)15(10-14)20-3/h9-10,12,19H,5-8,11H2,1-4H3. The fraction of sp³-hybridized carbons (Fsp3) is 0.647. The molecule has 1 aliphatic heterocycles. The van der Waals surface area contributed by atoms with E-state index in [-0.39, 0.29) is 0 Å². The molecule has 118 valence electrons. The molecule has 1 N–H and O–H groups in total. The number of benzene rings is 1. The van der Waals surface area contributed by atoms with Gasteiger partial charge in [0.1, 0.15) is 5.67 Å². The molecule has 1 aromatic rings. The quantitative estimate of drug-likeness (QED) is 0.902. The molecule has 3 nitrogen and oxygen atoms in total. The van der Waals surface area contributed by atoms with Crippen LogP contribution in [0.15, 0.2) is 12.1 Å². The molecule has 0 aromatic heterocycles. The minimum atomic E-state index is -1.39. The largest absolute Gasteiger partial charge is 0.493 e. The maximum absolute atomic E-state index is 14.3. The lowest BCUT2D eigenvalue weighted by Gasteiger charge is -2.25. The third-order valence-electron chi connectivity index (χ3n) is 4.15. The Hall–Kier alpha value is -1.29. The molecule has 0 bridgehead atoms.